The van der Waals surface area contributed by atoms with E-state index in [0.29, 0.717) is 6.61 Å². The molecule has 0 radical (unpaired) electrons. The molecule has 2 rings (SSSR count). The number of ether oxygens (including phenoxy) is 8. The largest absolute Gasteiger partial charge is 0.387 e. The Labute approximate surface area is 172 Å². The summed E-state index contributed by atoms with van der Waals surface area (Å²) in [7, 11) is 6.00. The van der Waals surface area contributed by atoms with Gasteiger partial charge in [-0.25, -0.2) is 0 Å². The smallest absolute Gasteiger partial charge is 0.187 e. The minimum Gasteiger partial charge on any atom is -0.387 e. The van der Waals surface area contributed by atoms with Crippen molar-refractivity contribution in [1.82, 2.24) is 0 Å². The number of hydrogen-bond donors (Lipinski definition) is 2. The molecule has 0 aromatic heterocycles. The molecule has 0 saturated carbocycles. The number of aliphatic hydroxyl groups is 2. The Morgan fingerprint density at radius 1 is 0.793 bits per heavy atom. The first-order chi connectivity index (χ1) is 13.9. The van der Waals surface area contributed by atoms with Crippen LogP contribution in [-0.2, 0) is 37.9 Å². The van der Waals surface area contributed by atoms with Gasteiger partial charge in [-0.1, -0.05) is 6.92 Å². The van der Waals surface area contributed by atoms with Crippen molar-refractivity contribution in [2.24, 2.45) is 0 Å². The third kappa shape index (κ3) is 5.65. The average molecular weight is 424 g/mol. The predicted octanol–water partition coefficient (Wildman–Crippen LogP) is -0.319. The van der Waals surface area contributed by atoms with Crippen LogP contribution in [0.15, 0.2) is 0 Å². The van der Waals surface area contributed by atoms with Gasteiger partial charge in [-0.05, 0) is 13.3 Å². The molecule has 29 heavy (non-hydrogen) atoms. The highest BCUT2D eigenvalue weighted by molar-refractivity contribution is 4.94. The Kier molecular flexibility index (Phi) is 10.2. The van der Waals surface area contributed by atoms with Gasteiger partial charge >= 0.3 is 0 Å². The third-order valence-corrected chi connectivity index (χ3v) is 5.29. The molecule has 2 heterocycles. The van der Waals surface area contributed by atoms with E-state index in [9.17, 15) is 10.2 Å². The lowest BCUT2D eigenvalue weighted by atomic mass is 9.97. The molecular formula is C19H36O10. The lowest BCUT2D eigenvalue weighted by Gasteiger charge is -2.47. The van der Waals surface area contributed by atoms with Crippen molar-refractivity contribution in [3.8, 4) is 0 Å². The average Bonchev–Trinajstić information content (AvgIpc) is 2.71. The number of hydrogen-bond acceptors (Lipinski definition) is 10. The zero-order valence-electron chi connectivity index (χ0n) is 18.1. The van der Waals surface area contributed by atoms with Crippen molar-refractivity contribution in [2.45, 2.75) is 81.7 Å². The Hall–Kier alpha value is -0.400. The maximum Gasteiger partial charge on any atom is 0.187 e. The minimum absolute atomic E-state index is 0.117. The zero-order chi connectivity index (χ0) is 21.6. The van der Waals surface area contributed by atoms with Crippen LogP contribution in [0.4, 0.5) is 0 Å². The lowest BCUT2D eigenvalue weighted by Crippen LogP contribution is -2.64. The van der Waals surface area contributed by atoms with E-state index in [4.69, 9.17) is 37.9 Å². The number of methoxy groups -OCH3 is 4. The Balaban J connectivity index is 2.16. The molecule has 0 bridgehead atoms. The fourth-order valence-corrected chi connectivity index (χ4v) is 3.80. The quantitative estimate of drug-likeness (QED) is 0.484. The van der Waals surface area contributed by atoms with E-state index in [-0.39, 0.29) is 6.61 Å². The van der Waals surface area contributed by atoms with Gasteiger partial charge in [0.2, 0.25) is 0 Å². The van der Waals surface area contributed by atoms with Gasteiger partial charge in [-0.3, -0.25) is 0 Å². The first kappa shape index (κ1) is 24.9. The van der Waals surface area contributed by atoms with E-state index >= 15 is 0 Å². The highest BCUT2D eigenvalue weighted by Crippen LogP contribution is 2.32. The number of rotatable bonds is 10. The summed E-state index contributed by atoms with van der Waals surface area (Å²) in [6.07, 6.45) is -6.87. The normalized spacial score (nSPS) is 43.4. The van der Waals surface area contributed by atoms with Gasteiger partial charge in [0.05, 0.1) is 12.7 Å². The van der Waals surface area contributed by atoms with Gasteiger partial charge in [0.15, 0.2) is 12.6 Å². The zero-order valence-corrected chi connectivity index (χ0v) is 18.1. The van der Waals surface area contributed by atoms with Crippen LogP contribution in [0.3, 0.4) is 0 Å². The van der Waals surface area contributed by atoms with E-state index in [1.54, 1.807) is 14.2 Å². The second kappa shape index (κ2) is 11.8. The lowest BCUT2D eigenvalue weighted by molar-refractivity contribution is -0.360. The summed E-state index contributed by atoms with van der Waals surface area (Å²) in [6.45, 7) is 4.48. The van der Waals surface area contributed by atoms with Crippen LogP contribution in [0.5, 0.6) is 0 Å². The van der Waals surface area contributed by atoms with Crippen molar-refractivity contribution >= 4 is 0 Å². The first-order valence-electron chi connectivity index (χ1n) is 9.94. The van der Waals surface area contributed by atoms with E-state index in [1.807, 2.05) is 13.8 Å². The van der Waals surface area contributed by atoms with Crippen molar-refractivity contribution < 1.29 is 48.1 Å². The maximum absolute atomic E-state index is 10.6. The second-order valence-corrected chi connectivity index (χ2v) is 7.26. The van der Waals surface area contributed by atoms with Crippen LogP contribution in [0.1, 0.15) is 20.3 Å². The molecule has 0 aromatic rings. The molecule has 10 heteroatoms. The van der Waals surface area contributed by atoms with Gasteiger partial charge in [-0.2, -0.15) is 0 Å². The highest BCUT2D eigenvalue weighted by Gasteiger charge is 2.51. The van der Waals surface area contributed by atoms with Crippen molar-refractivity contribution in [3.63, 3.8) is 0 Å². The molecule has 0 aromatic carbocycles. The summed E-state index contributed by atoms with van der Waals surface area (Å²) in [6, 6.07) is 0. The summed E-state index contributed by atoms with van der Waals surface area (Å²) in [5, 5.41) is 21.0. The van der Waals surface area contributed by atoms with E-state index in [2.05, 4.69) is 0 Å². The molecule has 10 atom stereocenters. The van der Waals surface area contributed by atoms with Crippen molar-refractivity contribution in [2.75, 3.05) is 41.7 Å². The summed E-state index contributed by atoms with van der Waals surface area (Å²) in [4.78, 5) is 0. The molecule has 2 N–H and O–H groups in total. The molecule has 2 aliphatic rings. The van der Waals surface area contributed by atoms with E-state index in [1.165, 1.54) is 14.2 Å². The predicted molar refractivity (Wildman–Crippen MR) is 100 cm³/mol. The summed E-state index contributed by atoms with van der Waals surface area (Å²) in [5.41, 5.74) is 0. The summed E-state index contributed by atoms with van der Waals surface area (Å²) >= 11 is 0. The third-order valence-electron chi connectivity index (χ3n) is 5.29. The van der Waals surface area contributed by atoms with Crippen molar-refractivity contribution in [1.29, 1.82) is 0 Å². The molecule has 0 spiro atoms. The van der Waals surface area contributed by atoms with E-state index < -0.39 is 61.4 Å². The molecule has 2 aliphatic heterocycles. The molecule has 0 aliphatic carbocycles. The van der Waals surface area contributed by atoms with Gasteiger partial charge in [0.25, 0.3) is 0 Å². The fourth-order valence-electron chi connectivity index (χ4n) is 3.80. The van der Waals surface area contributed by atoms with Crippen LogP contribution in [0, 0.1) is 0 Å². The molecular weight excluding hydrogens is 388 g/mol. The Morgan fingerprint density at radius 2 is 1.45 bits per heavy atom. The number of aliphatic hydroxyl groups excluding tert-OH is 2. The van der Waals surface area contributed by atoms with Gasteiger partial charge in [-0.15, -0.1) is 0 Å². The van der Waals surface area contributed by atoms with Gasteiger partial charge < -0.3 is 48.1 Å². The maximum atomic E-state index is 10.6. The monoisotopic (exact) mass is 424 g/mol. The molecule has 0 unspecified atom stereocenters. The Bertz CT molecular complexity index is 466. The summed E-state index contributed by atoms with van der Waals surface area (Å²) in [5.74, 6) is 0. The molecule has 2 saturated heterocycles. The second-order valence-electron chi connectivity index (χ2n) is 7.26. The van der Waals surface area contributed by atoms with Crippen LogP contribution < -0.4 is 0 Å². The standard InChI is InChI=1S/C19H36O10/c1-7-8-26-19-17(25-6)16(24-5)14(10(2)27-19)29-18-13(21)15(23-4)12(20)11(28-18)9-22-3/h10-21H,7-9H2,1-6H3/t10-,11-,12-,13-,14-,15+,16+,17+,18+,19+/m1/s1. The Morgan fingerprint density at radius 3 is 2.00 bits per heavy atom. The summed E-state index contributed by atoms with van der Waals surface area (Å²) < 4.78 is 45.2. The molecule has 2 fully saturated rings. The van der Waals surface area contributed by atoms with E-state index in [0.717, 1.165) is 6.42 Å². The topological polar surface area (TPSA) is 114 Å². The van der Waals surface area contributed by atoms with Gasteiger partial charge in [0, 0.05) is 35.0 Å². The van der Waals surface area contributed by atoms with Crippen molar-refractivity contribution in [3.05, 3.63) is 0 Å². The van der Waals surface area contributed by atoms with Crippen LogP contribution >= 0.6 is 0 Å². The molecule has 10 nitrogen and oxygen atoms in total. The minimum atomic E-state index is -1.22. The first-order valence-corrected chi connectivity index (χ1v) is 9.94. The SMILES string of the molecule is CCCO[C@H]1O[C@H](C)[C@@H](O[C@@H]2O[C@H](COC)[C@@H](O)[C@H](OC)[C@H]2O)[C@H](OC)[C@@H]1OC. The highest BCUT2D eigenvalue weighted by atomic mass is 16.7. The molecule has 0 amide bonds. The van der Waals surface area contributed by atoms with Crippen LogP contribution in [-0.4, -0.2) is 113 Å². The fraction of sp³-hybridized carbons (Fsp3) is 1.00. The van der Waals surface area contributed by atoms with Crippen LogP contribution in [0.2, 0.25) is 0 Å². The van der Waals surface area contributed by atoms with Gasteiger partial charge in [0.1, 0.15) is 42.7 Å². The molecule has 172 valence electrons. The van der Waals surface area contributed by atoms with Crippen LogP contribution in [0.25, 0.3) is 0 Å².